The highest BCUT2D eigenvalue weighted by atomic mass is 79.9. The Morgan fingerprint density at radius 3 is 2.69 bits per heavy atom. The van der Waals surface area contributed by atoms with Crippen LogP contribution in [-0.4, -0.2) is 25.7 Å². The van der Waals surface area contributed by atoms with Crippen molar-refractivity contribution in [1.82, 2.24) is 5.32 Å². The molecule has 1 unspecified atom stereocenters. The second-order valence-corrected chi connectivity index (χ2v) is 5.77. The Morgan fingerprint density at radius 1 is 1.38 bits per heavy atom. The summed E-state index contributed by atoms with van der Waals surface area (Å²) in [6.07, 6.45) is 1.22. The Hall–Kier alpha value is -0.0600. The first kappa shape index (κ1) is 12.4. The number of halogens is 2. The lowest BCUT2D eigenvalue weighted by Crippen LogP contribution is -2.32. The highest BCUT2D eigenvalue weighted by molar-refractivity contribution is 9.11. The van der Waals surface area contributed by atoms with E-state index in [9.17, 15) is 0 Å². The summed E-state index contributed by atoms with van der Waals surface area (Å²) in [6.45, 7) is 5.43. The van der Waals surface area contributed by atoms with Crippen LogP contribution in [0.2, 0.25) is 0 Å². The Kier molecular flexibility index (Phi) is 4.27. The molecule has 1 heterocycles. The lowest BCUT2D eigenvalue weighted by Gasteiger charge is -2.21. The van der Waals surface area contributed by atoms with E-state index in [1.807, 2.05) is 0 Å². The molecule has 1 aliphatic heterocycles. The largest absolute Gasteiger partial charge is 0.368 e. The zero-order valence-electron chi connectivity index (χ0n) is 9.34. The zero-order valence-corrected chi connectivity index (χ0v) is 12.5. The molecular formula is C12H16Br2N2. The van der Waals surface area contributed by atoms with Crippen LogP contribution in [0.15, 0.2) is 27.1 Å². The predicted molar refractivity (Wildman–Crippen MR) is 76.1 cm³/mol. The second-order valence-electron chi connectivity index (χ2n) is 4.06. The molecule has 4 heteroatoms. The third-order valence-electron chi connectivity index (χ3n) is 2.93. The van der Waals surface area contributed by atoms with Crippen molar-refractivity contribution in [3.8, 4) is 0 Å². The van der Waals surface area contributed by atoms with E-state index in [0.29, 0.717) is 6.04 Å². The second kappa shape index (κ2) is 5.52. The van der Waals surface area contributed by atoms with Gasteiger partial charge in [0.15, 0.2) is 0 Å². The summed E-state index contributed by atoms with van der Waals surface area (Å²) in [5.41, 5.74) is 1.28. The first-order valence-corrected chi connectivity index (χ1v) is 7.23. The minimum absolute atomic E-state index is 0.629. The molecule has 1 aromatic rings. The predicted octanol–water partition coefficient (Wildman–Crippen LogP) is 3.40. The van der Waals surface area contributed by atoms with Crippen LogP contribution < -0.4 is 10.2 Å². The molecule has 0 aliphatic carbocycles. The van der Waals surface area contributed by atoms with Gasteiger partial charge in [-0.1, -0.05) is 13.0 Å². The van der Waals surface area contributed by atoms with E-state index in [-0.39, 0.29) is 0 Å². The Labute approximate surface area is 114 Å². The van der Waals surface area contributed by atoms with Gasteiger partial charge in [0, 0.05) is 28.1 Å². The molecule has 0 aromatic heterocycles. The van der Waals surface area contributed by atoms with Crippen molar-refractivity contribution in [2.24, 2.45) is 0 Å². The third-order valence-corrected chi connectivity index (χ3v) is 4.21. The maximum atomic E-state index is 3.62. The lowest BCUT2D eigenvalue weighted by atomic mass is 10.2. The molecule has 0 saturated carbocycles. The first-order valence-electron chi connectivity index (χ1n) is 5.64. The molecule has 0 spiro atoms. The molecule has 0 radical (unpaired) electrons. The maximum absolute atomic E-state index is 3.62. The number of anilines is 1. The summed E-state index contributed by atoms with van der Waals surface area (Å²) in [7, 11) is 0. The van der Waals surface area contributed by atoms with Gasteiger partial charge in [0.2, 0.25) is 0 Å². The van der Waals surface area contributed by atoms with Crippen LogP contribution in [0.4, 0.5) is 5.69 Å². The van der Waals surface area contributed by atoms with Crippen LogP contribution >= 0.6 is 31.9 Å². The third kappa shape index (κ3) is 2.60. The fourth-order valence-electron chi connectivity index (χ4n) is 2.21. The number of para-hydroxylation sites is 1. The van der Waals surface area contributed by atoms with Crippen molar-refractivity contribution < 1.29 is 0 Å². The Balaban J connectivity index is 2.14. The van der Waals surface area contributed by atoms with Gasteiger partial charge in [-0.25, -0.2) is 0 Å². The van der Waals surface area contributed by atoms with Crippen LogP contribution in [0.3, 0.4) is 0 Å². The smallest absolute Gasteiger partial charge is 0.0655 e. The number of hydrogen-bond donors (Lipinski definition) is 1. The molecule has 1 aliphatic rings. The van der Waals surface area contributed by atoms with Crippen molar-refractivity contribution >= 4 is 37.5 Å². The van der Waals surface area contributed by atoms with Crippen molar-refractivity contribution in [3.05, 3.63) is 27.1 Å². The molecule has 0 bridgehead atoms. The number of nitrogens with zero attached hydrogens (tertiary/aromatic N) is 1. The summed E-state index contributed by atoms with van der Waals surface area (Å²) < 4.78 is 2.33. The Bertz CT molecular complexity index is 348. The summed E-state index contributed by atoms with van der Waals surface area (Å²) in [6, 6.07) is 6.88. The Morgan fingerprint density at radius 2 is 2.06 bits per heavy atom. The quantitative estimate of drug-likeness (QED) is 0.901. The standard InChI is InChI=1S/C12H16Br2N2/c1-2-15-9-6-7-16(8-9)12-10(13)4-3-5-11(12)14/h3-5,9,15H,2,6-8H2,1H3. The molecule has 2 rings (SSSR count). The van der Waals surface area contributed by atoms with Gasteiger partial charge in [-0.3, -0.25) is 0 Å². The fourth-order valence-corrected chi connectivity index (χ4v) is 3.71. The SMILES string of the molecule is CCNC1CCN(c2c(Br)cccc2Br)C1. The fraction of sp³-hybridized carbons (Fsp3) is 0.500. The molecule has 2 nitrogen and oxygen atoms in total. The average Bonchev–Trinajstić information content (AvgIpc) is 2.67. The van der Waals surface area contributed by atoms with Gasteiger partial charge in [-0.15, -0.1) is 0 Å². The van der Waals surface area contributed by atoms with Crippen LogP contribution in [0.1, 0.15) is 13.3 Å². The van der Waals surface area contributed by atoms with Crippen molar-refractivity contribution in [2.75, 3.05) is 24.5 Å². The number of benzene rings is 1. The minimum Gasteiger partial charge on any atom is -0.368 e. The molecule has 88 valence electrons. The van der Waals surface area contributed by atoms with Gasteiger partial charge in [0.1, 0.15) is 0 Å². The van der Waals surface area contributed by atoms with Crippen LogP contribution in [0, 0.1) is 0 Å². The van der Waals surface area contributed by atoms with E-state index in [0.717, 1.165) is 19.6 Å². The summed E-state index contributed by atoms with van der Waals surface area (Å²) in [4.78, 5) is 2.43. The van der Waals surface area contributed by atoms with Crippen LogP contribution in [0.5, 0.6) is 0 Å². The van der Waals surface area contributed by atoms with Gasteiger partial charge in [-0.05, 0) is 57.0 Å². The zero-order chi connectivity index (χ0) is 11.5. The van der Waals surface area contributed by atoms with E-state index < -0.39 is 0 Å². The number of hydrogen-bond acceptors (Lipinski definition) is 2. The van der Waals surface area contributed by atoms with E-state index in [1.165, 1.54) is 21.1 Å². The van der Waals surface area contributed by atoms with Gasteiger partial charge in [-0.2, -0.15) is 0 Å². The maximum Gasteiger partial charge on any atom is 0.0655 e. The van der Waals surface area contributed by atoms with Gasteiger partial charge >= 0.3 is 0 Å². The van der Waals surface area contributed by atoms with E-state index >= 15 is 0 Å². The molecule has 0 amide bonds. The van der Waals surface area contributed by atoms with Gasteiger partial charge in [0.05, 0.1) is 5.69 Å². The van der Waals surface area contributed by atoms with Gasteiger partial charge < -0.3 is 10.2 Å². The highest BCUT2D eigenvalue weighted by Gasteiger charge is 2.24. The van der Waals surface area contributed by atoms with E-state index in [4.69, 9.17) is 0 Å². The van der Waals surface area contributed by atoms with Crippen molar-refractivity contribution in [2.45, 2.75) is 19.4 Å². The number of nitrogens with one attached hydrogen (secondary N) is 1. The highest BCUT2D eigenvalue weighted by Crippen LogP contribution is 2.35. The van der Waals surface area contributed by atoms with Crippen LogP contribution in [0.25, 0.3) is 0 Å². The molecule has 1 aromatic carbocycles. The molecule has 1 N–H and O–H groups in total. The normalized spacial score (nSPS) is 20.4. The minimum atomic E-state index is 0.629. The molecule has 1 atom stereocenters. The molecular weight excluding hydrogens is 332 g/mol. The summed E-state index contributed by atoms with van der Waals surface area (Å²) in [5, 5.41) is 3.51. The number of rotatable bonds is 3. The monoisotopic (exact) mass is 346 g/mol. The van der Waals surface area contributed by atoms with E-state index in [2.05, 4.69) is 67.2 Å². The van der Waals surface area contributed by atoms with Crippen molar-refractivity contribution in [1.29, 1.82) is 0 Å². The average molecular weight is 348 g/mol. The van der Waals surface area contributed by atoms with Crippen molar-refractivity contribution in [3.63, 3.8) is 0 Å². The molecule has 1 fully saturated rings. The van der Waals surface area contributed by atoms with E-state index in [1.54, 1.807) is 0 Å². The summed E-state index contributed by atoms with van der Waals surface area (Å²) in [5.74, 6) is 0. The van der Waals surface area contributed by atoms with Crippen LogP contribution in [-0.2, 0) is 0 Å². The molecule has 1 saturated heterocycles. The van der Waals surface area contributed by atoms with Gasteiger partial charge in [0.25, 0.3) is 0 Å². The summed E-state index contributed by atoms with van der Waals surface area (Å²) >= 11 is 7.25. The lowest BCUT2D eigenvalue weighted by molar-refractivity contribution is 0.572. The topological polar surface area (TPSA) is 15.3 Å². The molecule has 16 heavy (non-hydrogen) atoms. The number of likely N-dealkylation sites (N-methyl/N-ethyl adjacent to an activating group) is 1. The first-order chi connectivity index (χ1) is 7.72.